The van der Waals surface area contributed by atoms with Crippen LogP contribution < -0.4 is 19.8 Å². The number of sulfonamides is 1. The number of ether oxygens (including phenoxy) is 1. The zero-order chi connectivity index (χ0) is 30.4. The number of nitrogens with zero attached hydrogens (tertiary/aromatic N) is 3. The van der Waals surface area contributed by atoms with E-state index in [2.05, 4.69) is 20.4 Å². The highest BCUT2D eigenvalue weighted by molar-refractivity contribution is 7.92. The Labute approximate surface area is 245 Å². The first-order chi connectivity index (χ1) is 20.0. The van der Waals surface area contributed by atoms with Crippen molar-refractivity contribution >= 4 is 39.4 Å². The van der Waals surface area contributed by atoms with Crippen LogP contribution in [0.15, 0.2) is 88.9 Å². The van der Waals surface area contributed by atoms with Crippen LogP contribution in [0.25, 0.3) is 5.69 Å². The maximum Gasteiger partial charge on any atom is 0.264 e. The minimum atomic E-state index is -4.17. The van der Waals surface area contributed by atoms with E-state index in [1.807, 2.05) is 51.1 Å². The number of nitrogens with one attached hydrogen (secondary N) is 2. The number of anilines is 2. The van der Waals surface area contributed by atoms with E-state index in [4.69, 9.17) is 4.74 Å². The largest absolute Gasteiger partial charge is 0.497 e. The molecule has 0 saturated heterocycles. The highest BCUT2D eigenvalue weighted by atomic mass is 32.2. The van der Waals surface area contributed by atoms with Crippen molar-refractivity contribution in [2.24, 2.45) is 5.10 Å². The maximum absolute atomic E-state index is 13.7. The van der Waals surface area contributed by atoms with Crippen molar-refractivity contribution in [2.45, 2.75) is 32.6 Å². The molecule has 1 aromatic heterocycles. The second kappa shape index (κ2) is 12.7. The summed E-state index contributed by atoms with van der Waals surface area (Å²) < 4.78 is 35.7. The van der Waals surface area contributed by atoms with Crippen molar-refractivity contribution in [3.8, 4) is 11.4 Å². The molecule has 0 bridgehead atoms. The summed E-state index contributed by atoms with van der Waals surface area (Å²) in [6.07, 6.45) is 1.54. The first-order valence-electron chi connectivity index (χ1n) is 13.1. The Bertz CT molecular complexity index is 1730. The Morgan fingerprint density at radius 2 is 1.64 bits per heavy atom. The van der Waals surface area contributed by atoms with Gasteiger partial charge in [0.25, 0.3) is 15.9 Å². The number of amides is 2. The molecular formula is C31H33N5O5S. The van der Waals surface area contributed by atoms with Crippen molar-refractivity contribution in [3.63, 3.8) is 0 Å². The summed E-state index contributed by atoms with van der Waals surface area (Å²) in [5.41, 5.74) is 8.13. The summed E-state index contributed by atoms with van der Waals surface area (Å²) in [6, 6.07) is 22.1. The van der Waals surface area contributed by atoms with E-state index in [1.165, 1.54) is 38.3 Å². The molecule has 0 atom stereocenters. The van der Waals surface area contributed by atoms with E-state index in [1.54, 1.807) is 30.5 Å². The summed E-state index contributed by atoms with van der Waals surface area (Å²) in [7, 11) is -2.67. The molecule has 4 rings (SSSR count). The number of hydrogen-bond acceptors (Lipinski definition) is 6. The van der Waals surface area contributed by atoms with Gasteiger partial charge in [0.2, 0.25) is 5.91 Å². The number of rotatable bonds is 10. The van der Waals surface area contributed by atoms with Gasteiger partial charge >= 0.3 is 0 Å². The maximum atomic E-state index is 13.7. The molecule has 11 heteroatoms. The zero-order valence-corrected chi connectivity index (χ0v) is 24.9. The summed E-state index contributed by atoms with van der Waals surface area (Å²) >= 11 is 0. The predicted octanol–water partition coefficient (Wildman–Crippen LogP) is 4.72. The van der Waals surface area contributed by atoms with Crippen LogP contribution in [0.2, 0.25) is 0 Å². The molecule has 218 valence electrons. The Morgan fingerprint density at radius 1 is 0.976 bits per heavy atom. The number of para-hydroxylation sites is 1. The van der Waals surface area contributed by atoms with Gasteiger partial charge in [-0.2, -0.15) is 5.10 Å². The van der Waals surface area contributed by atoms with Crippen molar-refractivity contribution in [3.05, 3.63) is 101 Å². The summed E-state index contributed by atoms with van der Waals surface area (Å²) in [4.78, 5) is 24.3. The van der Waals surface area contributed by atoms with Gasteiger partial charge in [0.1, 0.15) is 12.3 Å². The Kier molecular flexibility index (Phi) is 9.12. The van der Waals surface area contributed by atoms with Crippen LogP contribution in [-0.2, 0) is 19.6 Å². The number of hydrogen-bond donors (Lipinski definition) is 2. The molecule has 42 heavy (non-hydrogen) atoms. The lowest BCUT2D eigenvalue weighted by Crippen LogP contribution is -2.39. The lowest BCUT2D eigenvalue weighted by molar-refractivity contribution is -0.119. The first-order valence-corrected chi connectivity index (χ1v) is 14.6. The molecule has 0 saturated carbocycles. The summed E-state index contributed by atoms with van der Waals surface area (Å²) in [5.74, 6) is -0.374. The monoisotopic (exact) mass is 587 g/mol. The van der Waals surface area contributed by atoms with Gasteiger partial charge in [0, 0.05) is 35.2 Å². The second-order valence-corrected chi connectivity index (χ2v) is 11.5. The molecule has 0 aliphatic heterocycles. The van der Waals surface area contributed by atoms with Gasteiger partial charge in [0.05, 0.1) is 23.9 Å². The van der Waals surface area contributed by atoms with Crippen molar-refractivity contribution in [1.82, 2.24) is 9.99 Å². The number of methoxy groups -OCH3 is 1. The van der Waals surface area contributed by atoms with Gasteiger partial charge in [-0.3, -0.25) is 13.9 Å². The minimum Gasteiger partial charge on any atom is -0.497 e. The molecule has 3 aromatic carbocycles. The molecule has 0 fully saturated rings. The molecule has 0 aliphatic rings. The fourth-order valence-corrected chi connectivity index (χ4v) is 5.97. The summed E-state index contributed by atoms with van der Waals surface area (Å²) in [6.45, 7) is 6.84. The van der Waals surface area contributed by atoms with Crippen LogP contribution >= 0.6 is 0 Å². The second-order valence-electron chi connectivity index (χ2n) is 9.66. The highest BCUT2D eigenvalue weighted by Crippen LogP contribution is 2.27. The average molecular weight is 588 g/mol. The topological polar surface area (TPSA) is 122 Å². The van der Waals surface area contributed by atoms with Crippen LogP contribution in [0.4, 0.5) is 11.4 Å². The van der Waals surface area contributed by atoms with Crippen molar-refractivity contribution in [2.75, 3.05) is 23.3 Å². The average Bonchev–Trinajstić information content (AvgIpc) is 3.24. The number of carbonyl (C=O) groups is 2. The third-order valence-corrected chi connectivity index (χ3v) is 8.42. The quantitative estimate of drug-likeness (QED) is 0.206. The summed E-state index contributed by atoms with van der Waals surface area (Å²) in [5, 5.41) is 6.73. The Hall–Kier alpha value is -4.90. The third kappa shape index (κ3) is 6.69. The van der Waals surface area contributed by atoms with Crippen molar-refractivity contribution in [1.29, 1.82) is 0 Å². The molecule has 2 N–H and O–H groups in total. The lowest BCUT2D eigenvalue weighted by Gasteiger charge is -2.24. The molecule has 0 spiro atoms. The fraction of sp³-hybridized carbons (Fsp3) is 0.194. The van der Waals surface area contributed by atoms with E-state index in [-0.39, 0.29) is 16.5 Å². The van der Waals surface area contributed by atoms with Crippen molar-refractivity contribution < 1.29 is 22.7 Å². The Balaban J connectivity index is 1.56. The van der Waals surface area contributed by atoms with Gasteiger partial charge in [0.15, 0.2) is 0 Å². The van der Waals surface area contributed by atoms with Crippen LogP contribution in [-0.4, -0.2) is 44.7 Å². The number of aromatic nitrogens is 1. The molecule has 4 aromatic rings. The van der Waals surface area contributed by atoms with E-state index in [9.17, 15) is 18.0 Å². The van der Waals surface area contributed by atoms with E-state index in [0.717, 1.165) is 32.5 Å². The van der Waals surface area contributed by atoms with Crippen LogP contribution in [0.5, 0.6) is 5.75 Å². The van der Waals surface area contributed by atoms with Gasteiger partial charge in [-0.25, -0.2) is 13.8 Å². The van der Waals surface area contributed by atoms with Crippen LogP contribution in [0, 0.1) is 20.8 Å². The smallest absolute Gasteiger partial charge is 0.264 e. The number of aryl methyl sites for hydroxylation is 2. The van der Waals surface area contributed by atoms with Gasteiger partial charge < -0.3 is 14.6 Å². The predicted molar refractivity (Wildman–Crippen MR) is 164 cm³/mol. The standard InChI is InChI=1S/C31H33N5O5S/c1-21-8-6-7-9-30(21)36-22(2)18-25(23(36)3)19-32-34-31(38)20-35(27-12-14-28(41-5)15-13-27)42(39,40)29-16-10-26(11-17-29)33-24(4)37/h6-19H,20H2,1-5H3,(H,33,37)(H,34,38)/b32-19+. The third-order valence-electron chi connectivity index (χ3n) is 6.63. The molecular weight excluding hydrogens is 554 g/mol. The molecule has 0 aliphatic carbocycles. The van der Waals surface area contributed by atoms with Crippen LogP contribution in [0.1, 0.15) is 29.4 Å². The Morgan fingerprint density at radius 3 is 2.26 bits per heavy atom. The van der Waals surface area contributed by atoms with E-state index in [0.29, 0.717) is 11.4 Å². The number of carbonyl (C=O) groups excluding carboxylic acids is 2. The molecule has 2 amide bonds. The highest BCUT2D eigenvalue weighted by Gasteiger charge is 2.27. The van der Waals surface area contributed by atoms with Gasteiger partial charge in [-0.1, -0.05) is 18.2 Å². The van der Waals surface area contributed by atoms with Gasteiger partial charge in [-0.15, -0.1) is 0 Å². The lowest BCUT2D eigenvalue weighted by atomic mass is 10.2. The fourth-order valence-electron chi connectivity index (χ4n) is 4.55. The van der Waals surface area contributed by atoms with Crippen LogP contribution in [0.3, 0.4) is 0 Å². The molecule has 1 heterocycles. The van der Waals surface area contributed by atoms with E-state index >= 15 is 0 Å². The molecule has 10 nitrogen and oxygen atoms in total. The normalized spacial score (nSPS) is 11.4. The first kappa shape index (κ1) is 30.1. The zero-order valence-electron chi connectivity index (χ0n) is 24.1. The van der Waals surface area contributed by atoms with Gasteiger partial charge in [-0.05, 0) is 87.0 Å². The SMILES string of the molecule is COc1ccc(N(CC(=O)N/N=C/c2cc(C)n(-c3ccccc3C)c2C)S(=O)(=O)c2ccc(NC(C)=O)cc2)cc1. The number of hydrazone groups is 1. The minimum absolute atomic E-state index is 0.0487. The molecule has 0 unspecified atom stereocenters. The van der Waals surface area contributed by atoms with E-state index < -0.39 is 22.5 Å². The number of benzene rings is 3. The molecule has 0 radical (unpaired) electrons.